The van der Waals surface area contributed by atoms with Crippen molar-refractivity contribution >= 4 is 38.1 Å². The van der Waals surface area contributed by atoms with Crippen LogP contribution in [0.3, 0.4) is 0 Å². The van der Waals surface area contributed by atoms with Crippen LogP contribution in [0.4, 0.5) is 5.82 Å². The molecule has 3 aromatic heterocycles. The van der Waals surface area contributed by atoms with Gasteiger partial charge in [-0.05, 0) is 34.4 Å². The summed E-state index contributed by atoms with van der Waals surface area (Å²) in [5.74, 6) is 1.68. The molecule has 8 heteroatoms. The Morgan fingerprint density at radius 2 is 2.21 bits per heavy atom. The Morgan fingerprint density at radius 3 is 3.00 bits per heavy atom. The second kappa shape index (κ2) is 5.22. The van der Waals surface area contributed by atoms with Crippen LogP contribution in [0.5, 0.6) is 0 Å². The Bertz CT molecular complexity index is 1020. The Hall–Kier alpha value is -2.58. The quantitative estimate of drug-likeness (QED) is 0.582. The molecule has 1 aromatic carbocycles. The van der Waals surface area contributed by atoms with Crippen molar-refractivity contribution in [1.29, 1.82) is 0 Å². The van der Waals surface area contributed by atoms with E-state index in [0.717, 1.165) is 41.8 Å². The number of aromatic amines is 1. The van der Waals surface area contributed by atoms with Crippen molar-refractivity contribution in [3.63, 3.8) is 0 Å². The zero-order chi connectivity index (χ0) is 16.1. The van der Waals surface area contributed by atoms with Crippen LogP contribution >= 0.6 is 11.3 Å². The number of pyridine rings is 1. The van der Waals surface area contributed by atoms with Crippen LogP contribution < -0.4 is 10.6 Å². The smallest absolute Gasteiger partial charge is 0.179 e. The fourth-order valence-corrected chi connectivity index (χ4v) is 4.26. The van der Waals surface area contributed by atoms with Crippen molar-refractivity contribution in [3.05, 3.63) is 29.6 Å². The molecular weight excluding hydrogens is 322 g/mol. The molecule has 0 aliphatic carbocycles. The first-order chi connectivity index (χ1) is 11.8. The molecule has 4 aromatic rings. The van der Waals surface area contributed by atoms with E-state index < -0.39 is 0 Å². The van der Waals surface area contributed by atoms with Gasteiger partial charge in [-0.3, -0.25) is 0 Å². The summed E-state index contributed by atoms with van der Waals surface area (Å²) in [6, 6.07) is 8.54. The van der Waals surface area contributed by atoms with Gasteiger partial charge in [0.25, 0.3) is 0 Å². The molecule has 0 bridgehead atoms. The van der Waals surface area contributed by atoms with Crippen molar-refractivity contribution in [2.24, 2.45) is 5.73 Å². The minimum absolute atomic E-state index is 0.225. The van der Waals surface area contributed by atoms with E-state index in [1.54, 1.807) is 11.3 Å². The molecule has 1 aliphatic rings. The second-order valence-corrected chi connectivity index (χ2v) is 6.99. The molecule has 1 fully saturated rings. The van der Waals surface area contributed by atoms with Crippen LogP contribution in [0.25, 0.3) is 32.4 Å². The lowest BCUT2D eigenvalue weighted by molar-refractivity contribution is 0.752. The first kappa shape index (κ1) is 13.8. The molecule has 1 unspecified atom stereocenters. The number of hydrogen-bond acceptors (Lipinski definition) is 7. The van der Waals surface area contributed by atoms with E-state index in [1.165, 1.54) is 10.1 Å². The fourth-order valence-electron chi connectivity index (χ4n) is 3.33. The van der Waals surface area contributed by atoms with E-state index in [2.05, 4.69) is 43.0 Å². The minimum atomic E-state index is 0.225. The van der Waals surface area contributed by atoms with E-state index in [4.69, 9.17) is 10.7 Å². The maximum atomic E-state index is 6.09. The van der Waals surface area contributed by atoms with Gasteiger partial charge in [0.05, 0.1) is 5.52 Å². The molecule has 0 amide bonds. The number of hydrogen-bond donors (Lipinski definition) is 2. The molecule has 5 rings (SSSR count). The van der Waals surface area contributed by atoms with E-state index in [9.17, 15) is 0 Å². The minimum Gasteiger partial charge on any atom is -0.354 e. The highest BCUT2D eigenvalue weighted by atomic mass is 32.1. The molecule has 4 heterocycles. The zero-order valence-corrected chi connectivity index (χ0v) is 13.6. The monoisotopic (exact) mass is 337 g/mol. The number of fused-ring (bicyclic) bond motifs is 3. The molecule has 3 N–H and O–H groups in total. The van der Waals surface area contributed by atoms with Crippen LogP contribution in [0.15, 0.2) is 29.6 Å². The average Bonchev–Trinajstić information content (AvgIpc) is 3.34. The Labute approximate surface area is 141 Å². The topological polar surface area (TPSA) is 96.6 Å². The Kier molecular flexibility index (Phi) is 3.00. The number of rotatable bonds is 2. The summed E-state index contributed by atoms with van der Waals surface area (Å²) < 4.78 is 1.26. The lowest BCUT2D eigenvalue weighted by Gasteiger charge is -2.19. The Morgan fingerprint density at radius 1 is 1.25 bits per heavy atom. The molecule has 0 spiro atoms. The molecule has 7 nitrogen and oxygen atoms in total. The van der Waals surface area contributed by atoms with Gasteiger partial charge < -0.3 is 10.6 Å². The third-order valence-electron chi connectivity index (χ3n) is 4.52. The molecular formula is C16H15N7S. The van der Waals surface area contributed by atoms with E-state index in [1.807, 2.05) is 12.1 Å². The maximum Gasteiger partial charge on any atom is 0.179 e. The number of thiophene rings is 1. The standard InChI is InChI=1S/C16H15N7S/c17-10-3-5-23(8-10)16-12-4-6-24-14(12)11-2-1-9(7-13(11)18-16)15-19-21-22-20-15/h1-2,4,6-7,10H,3,5,8,17H2,(H,19,20,21,22). The summed E-state index contributed by atoms with van der Waals surface area (Å²) in [6.07, 6.45) is 1.01. The Balaban J connectivity index is 1.74. The van der Waals surface area contributed by atoms with Crippen molar-refractivity contribution in [2.75, 3.05) is 18.0 Å². The van der Waals surface area contributed by atoms with Crippen molar-refractivity contribution in [3.8, 4) is 11.4 Å². The average molecular weight is 337 g/mol. The number of tetrazole rings is 1. The van der Waals surface area contributed by atoms with E-state index in [-0.39, 0.29) is 6.04 Å². The predicted octanol–water partition coefficient (Wildman–Crippen LogP) is 2.17. The summed E-state index contributed by atoms with van der Waals surface area (Å²) in [4.78, 5) is 7.25. The van der Waals surface area contributed by atoms with E-state index >= 15 is 0 Å². The zero-order valence-electron chi connectivity index (χ0n) is 12.8. The SMILES string of the molecule is NC1CCN(c2nc3cc(-c4nnn[nH]4)ccc3c3sccc23)C1. The van der Waals surface area contributed by atoms with Gasteiger partial charge in [-0.15, -0.1) is 16.4 Å². The number of H-pyrrole nitrogens is 1. The molecule has 0 radical (unpaired) electrons. The second-order valence-electron chi connectivity index (χ2n) is 6.08. The van der Waals surface area contributed by atoms with Gasteiger partial charge in [0.1, 0.15) is 5.82 Å². The van der Waals surface area contributed by atoms with Gasteiger partial charge in [-0.1, -0.05) is 12.1 Å². The number of nitrogens with zero attached hydrogens (tertiary/aromatic N) is 5. The van der Waals surface area contributed by atoms with Crippen molar-refractivity contribution in [1.82, 2.24) is 25.6 Å². The molecule has 1 saturated heterocycles. The van der Waals surface area contributed by atoms with E-state index in [0.29, 0.717) is 5.82 Å². The third kappa shape index (κ3) is 2.07. The van der Waals surface area contributed by atoms with Crippen LogP contribution in [0, 0.1) is 0 Å². The van der Waals surface area contributed by atoms with Crippen LogP contribution in [-0.2, 0) is 0 Å². The summed E-state index contributed by atoms with van der Waals surface area (Å²) >= 11 is 1.75. The molecule has 1 atom stereocenters. The van der Waals surface area contributed by atoms with Gasteiger partial charge in [0, 0.05) is 40.2 Å². The predicted molar refractivity (Wildman–Crippen MR) is 95.1 cm³/mol. The van der Waals surface area contributed by atoms with Gasteiger partial charge in [-0.25, -0.2) is 10.1 Å². The molecule has 120 valence electrons. The highest BCUT2D eigenvalue weighted by molar-refractivity contribution is 7.18. The highest BCUT2D eigenvalue weighted by Gasteiger charge is 2.23. The summed E-state index contributed by atoms with van der Waals surface area (Å²) in [6.45, 7) is 1.81. The normalized spacial score (nSPS) is 18.0. The first-order valence-corrected chi connectivity index (χ1v) is 8.73. The number of aromatic nitrogens is 5. The maximum absolute atomic E-state index is 6.09. The lowest BCUT2D eigenvalue weighted by Crippen LogP contribution is -2.27. The number of nitrogens with two attached hydrogens (primary N) is 1. The molecule has 1 aliphatic heterocycles. The summed E-state index contributed by atoms with van der Waals surface area (Å²) in [5, 5.41) is 18.6. The van der Waals surface area contributed by atoms with Gasteiger partial charge in [0.15, 0.2) is 5.82 Å². The highest BCUT2D eigenvalue weighted by Crippen LogP contribution is 2.37. The van der Waals surface area contributed by atoms with Crippen molar-refractivity contribution in [2.45, 2.75) is 12.5 Å². The molecule has 0 saturated carbocycles. The van der Waals surface area contributed by atoms with Crippen LogP contribution in [0.1, 0.15) is 6.42 Å². The van der Waals surface area contributed by atoms with Crippen molar-refractivity contribution < 1.29 is 0 Å². The van der Waals surface area contributed by atoms with Crippen LogP contribution in [0.2, 0.25) is 0 Å². The van der Waals surface area contributed by atoms with Gasteiger partial charge in [-0.2, -0.15) is 0 Å². The van der Waals surface area contributed by atoms with Gasteiger partial charge >= 0.3 is 0 Å². The summed E-state index contributed by atoms with van der Waals surface area (Å²) in [5.41, 5.74) is 7.97. The fraction of sp³-hybridized carbons (Fsp3) is 0.250. The lowest BCUT2D eigenvalue weighted by atomic mass is 10.1. The van der Waals surface area contributed by atoms with Gasteiger partial charge in [0.2, 0.25) is 0 Å². The van der Waals surface area contributed by atoms with Crippen LogP contribution in [-0.4, -0.2) is 44.7 Å². The first-order valence-electron chi connectivity index (χ1n) is 7.85. The summed E-state index contributed by atoms with van der Waals surface area (Å²) in [7, 11) is 0. The largest absolute Gasteiger partial charge is 0.354 e. The number of anilines is 1. The number of benzene rings is 1. The third-order valence-corrected chi connectivity index (χ3v) is 5.47. The number of nitrogens with one attached hydrogen (secondary N) is 1. The molecule has 24 heavy (non-hydrogen) atoms.